The van der Waals surface area contributed by atoms with Crippen molar-refractivity contribution in [1.29, 1.82) is 0 Å². The molecule has 0 aliphatic carbocycles. The number of hydrogen-bond donors (Lipinski definition) is 1. The molecule has 2 aromatic rings. The minimum Gasteiger partial charge on any atom is -0.476 e. The lowest BCUT2D eigenvalue weighted by Crippen LogP contribution is -2.10. The van der Waals surface area contributed by atoms with Crippen molar-refractivity contribution >= 4 is 16.9 Å². The van der Waals surface area contributed by atoms with E-state index < -0.39 is 5.97 Å². The van der Waals surface area contributed by atoms with Crippen molar-refractivity contribution in [3.8, 4) is 0 Å². The molecular weight excluding hydrogens is 256 g/mol. The number of aromatic carboxylic acids is 1. The van der Waals surface area contributed by atoms with Crippen LogP contribution in [-0.4, -0.2) is 34.1 Å². The van der Waals surface area contributed by atoms with Crippen molar-refractivity contribution in [2.45, 2.75) is 26.8 Å². The minimum absolute atomic E-state index is 0.0998. The van der Waals surface area contributed by atoms with E-state index in [0.717, 1.165) is 18.5 Å². The van der Waals surface area contributed by atoms with Crippen LogP contribution in [0.15, 0.2) is 24.3 Å². The normalized spacial score (nSPS) is 11.3. The van der Waals surface area contributed by atoms with Gasteiger partial charge >= 0.3 is 5.97 Å². The molecule has 0 spiro atoms. The standard InChI is InChI=1S/C15H20N2O3/c1-11(2)7-9-20-10-8-17-13-6-4-3-5-12(13)14(16-17)15(18)19/h3-6,11H,7-10H2,1-2H3,(H,18,19). The molecule has 0 amide bonds. The van der Waals surface area contributed by atoms with Gasteiger partial charge in [-0.15, -0.1) is 0 Å². The van der Waals surface area contributed by atoms with Crippen LogP contribution in [0.4, 0.5) is 0 Å². The molecule has 0 bridgehead atoms. The van der Waals surface area contributed by atoms with E-state index in [1.807, 2.05) is 18.2 Å². The van der Waals surface area contributed by atoms with Crippen LogP contribution in [0.25, 0.3) is 10.9 Å². The Kier molecular flexibility index (Phi) is 4.74. The second-order valence-corrected chi connectivity index (χ2v) is 5.19. The third kappa shape index (κ3) is 3.36. The summed E-state index contributed by atoms with van der Waals surface area (Å²) in [5, 5.41) is 14.0. The number of aromatic nitrogens is 2. The molecule has 108 valence electrons. The van der Waals surface area contributed by atoms with Gasteiger partial charge in [0, 0.05) is 12.0 Å². The molecule has 0 aliphatic rings. The molecule has 0 saturated carbocycles. The average Bonchev–Trinajstić information content (AvgIpc) is 2.77. The van der Waals surface area contributed by atoms with E-state index >= 15 is 0 Å². The number of fused-ring (bicyclic) bond motifs is 1. The number of carboxylic acids is 1. The fourth-order valence-corrected chi connectivity index (χ4v) is 2.03. The summed E-state index contributed by atoms with van der Waals surface area (Å²) in [6.07, 6.45) is 1.03. The highest BCUT2D eigenvalue weighted by molar-refractivity contribution is 6.01. The van der Waals surface area contributed by atoms with Gasteiger partial charge in [-0.3, -0.25) is 4.68 Å². The molecule has 0 unspecified atom stereocenters. The molecule has 1 aromatic carbocycles. The SMILES string of the molecule is CC(C)CCOCCn1nc(C(=O)O)c2ccccc21. The molecule has 0 aliphatic heterocycles. The van der Waals surface area contributed by atoms with Crippen molar-refractivity contribution in [2.24, 2.45) is 5.92 Å². The van der Waals surface area contributed by atoms with Crippen LogP contribution in [0.2, 0.25) is 0 Å². The predicted molar refractivity (Wildman–Crippen MR) is 77.0 cm³/mol. The lowest BCUT2D eigenvalue weighted by atomic mass is 10.1. The Labute approximate surface area is 118 Å². The summed E-state index contributed by atoms with van der Waals surface area (Å²) < 4.78 is 7.26. The average molecular weight is 276 g/mol. The summed E-state index contributed by atoms with van der Waals surface area (Å²) in [7, 11) is 0. The number of nitrogens with zero attached hydrogens (tertiary/aromatic N) is 2. The van der Waals surface area contributed by atoms with Crippen molar-refractivity contribution < 1.29 is 14.6 Å². The van der Waals surface area contributed by atoms with E-state index in [0.29, 0.717) is 24.5 Å². The number of hydrogen-bond acceptors (Lipinski definition) is 3. The Morgan fingerprint density at radius 2 is 2.10 bits per heavy atom. The van der Waals surface area contributed by atoms with Crippen LogP contribution in [0.3, 0.4) is 0 Å². The monoisotopic (exact) mass is 276 g/mol. The largest absolute Gasteiger partial charge is 0.476 e. The van der Waals surface area contributed by atoms with E-state index in [1.54, 1.807) is 10.7 Å². The lowest BCUT2D eigenvalue weighted by Gasteiger charge is -2.07. The van der Waals surface area contributed by atoms with Crippen molar-refractivity contribution in [2.75, 3.05) is 13.2 Å². The van der Waals surface area contributed by atoms with Gasteiger partial charge in [-0.25, -0.2) is 4.79 Å². The highest BCUT2D eigenvalue weighted by Crippen LogP contribution is 2.18. The maximum atomic E-state index is 11.2. The number of carbonyl (C=O) groups is 1. The first kappa shape index (κ1) is 14.5. The summed E-state index contributed by atoms with van der Waals surface area (Å²) in [6.45, 7) is 6.14. The number of ether oxygens (including phenoxy) is 1. The summed E-state index contributed by atoms with van der Waals surface area (Å²) in [4.78, 5) is 11.2. The molecule has 0 radical (unpaired) electrons. The molecule has 20 heavy (non-hydrogen) atoms. The van der Waals surface area contributed by atoms with Gasteiger partial charge in [0.25, 0.3) is 0 Å². The Bertz CT molecular complexity index is 590. The van der Waals surface area contributed by atoms with Gasteiger partial charge in [-0.2, -0.15) is 5.10 Å². The van der Waals surface area contributed by atoms with Crippen molar-refractivity contribution in [1.82, 2.24) is 9.78 Å². The Balaban J connectivity index is 2.05. The zero-order valence-corrected chi connectivity index (χ0v) is 11.9. The third-order valence-corrected chi connectivity index (χ3v) is 3.15. The molecule has 0 fully saturated rings. The zero-order chi connectivity index (χ0) is 14.5. The maximum Gasteiger partial charge on any atom is 0.357 e. The Hall–Kier alpha value is -1.88. The smallest absolute Gasteiger partial charge is 0.357 e. The Morgan fingerprint density at radius 1 is 1.35 bits per heavy atom. The van der Waals surface area contributed by atoms with Gasteiger partial charge in [0.2, 0.25) is 0 Å². The van der Waals surface area contributed by atoms with E-state index in [1.165, 1.54) is 0 Å². The van der Waals surface area contributed by atoms with Crippen LogP contribution in [0, 0.1) is 5.92 Å². The van der Waals surface area contributed by atoms with Crippen LogP contribution in [0.5, 0.6) is 0 Å². The quantitative estimate of drug-likeness (QED) is 0.790. The Morgan fingerprint density at radius 3 is 2.80 bits per heavy atom. The minimum atomic E-state index is -0.999. The second-order valence-electron chi connectivity index (χ2n) is 5.19. The van der Waals surface area contributed by atoms with Gasteiger partial charge < -0.3 is 9.84 Å². The maximum absolute atomic E-state index is 11.2. The highest BCUT2D eigenvalue weighted by Gasteiger charge is 2.15. The molecule has 1 aromatic heterocycles. The topological polar surface area (TPSA) is 64.4 Å². The van der Waals surface area contributed by atoms with E-state index in [9.17, 15) is 4.79 Å². The fourth-order valence-electron chi connectivity index (χ4n) is 2.03. The zero-order valence-electron chi connectivity index (χ0n) is 11.9. The molecule has 5 heteroatoms. The van der Waals surface area contributed by atoms with E-state index in [4.69, 9.17) is 9.84 Å². The first-order valence-corrected chi connectivity index (χ1v) is 6.86. The van der Waals surface area contributed by atoms with Crippen molar-refractivity contribution in [3.63, 3.8) is 0 Å². The predicted octanol–water partition coefficient (Wildman–Crippen LogP) is 2.80. The summed E-state index contributed by atoms with van der Waals surface area (Å²) in [6, 6.07) is 7.36. The number of carboxylic acid groups (broad SMARTS) is 1. The first-order valence-electron chi connectivity index (χ1n) is 6.86. The third-order valence-electron chi connectivity index (χ3n) is 3.15. The molecule has 1 N–H and O–H groups in total. The molecule has 1 heterocycles. The molecule has 2 rings (SSSR count). The highest BCUT2D eigenvalue weighted by atomic mass is 16.5. The van der Waals surface area contributed by atoms with Crippen LogP contribution in [0.1, 0.15) is 30.8 Å². The van der Waals surface area contributed by atoms with Gasteiger partial charge in [0.15, 0.2) is 5.69 Å². The van der Waals surface area contributed by atoms with Crippen LogP contribution in [-0.2, 0) is 11.3 Å². The van der Waals surface area contributed by atoms with E-state index in [-0.39, 0.29) is 5.69 Å². The fraction of sp³-hybridized carbons (Fsp3) is 0.467. The molecule has 0 atom stereocenters. The second kappa shape index (κ2) is 6.52. The first-order chi connectivity index (χ1) is 9.59. The molecule has 5 nitrogen and oxygen atoms in total. The van der Waals surface area contributed by atoms with Crippen molar-refractivity contribution in [3.05, 3.63) is 30.0 Å². The van der Waals surface area contributed by atoms with Gasteiger partial charge in [-0.1, -0.05) is 32.0 Å². The van der Waals surface area contributed by atoms with Gasteiger partial charge in [0.05, 0.1) is 18.7 Å². The number of rotatable bonds is 7. The molecule has 0 saturated heterocycles. The lowest BCUT2D eigenvalue weighted by molar-refractivity contribution is 0.0690. The van der Waals surface area contributed by atoms with E-state index in [2.05, 4.69) is 18.9 Å². The van der Waals surface area contributed by atoms with Crippen LogP contribution < -0.4 is 0 Å². The summed E-state index contributed by atoms with van der Waals surface area (Å²) >= 11 is 0. The summed E-state index contributed by atoms with van der Waals surface area (Å²) in [5.41, 5.74) is 0.931. The molecular formula is C15H20N2O3. The summed E-state index contributed by atoms with van der Waals surface area (Å²) in [5.74, 6) is -0.375. The van der Waals surface area contributed by atoms with Gasteiger partial charge in [-0.05, 0) is 18.4 Å². The number of benzene rings is 1. The number of para-hydroxylation sites is 1. The van der Waals surface area contributed by atoms with Crippen LogP contribution >= 0.6 is 0 Å². The van der Waals surface area contributed by atoms with Gasteiger partial charge in [0.1, 0.15) is 0 Å².